The Kier molecular flexibility index (Phi) is 8.50. The van der Waals surface area contributed by atoms with Gasteiger partial charge < -0.3 is 20.0 Å². The van der Waals surface area contributed by atoms with Crippen molar-refractivity contribution in [2.24, 2.45) is 0 Å². The lowest BCUT2D eigenvalue weighted by Gasteiger charge is -2.34. The summed E-state index contributed by atoms with van der Waals surface area (Å²) in [6, 6.07) is 6.23. The highest BCUT2D eigenvalue weighted by molar-refractivity contribution is 7.16. The third-order valence-electron chi connectivity index (χ3n) is 8.09. The number of tetrazole rings is 1. The lowest BCUT2D eigenvalue weighted by Crippen LogP contribution is -2.41. The molecule has 2 aliphatic rings. The molecule has 1 fully saturated rings. The van der Waals surface area contributed by atoms with Crippen molar-refractivity contribution in [3.63, 3.8) is 0 Å². The number of carbonyl (C=O) groups is 2. The van der Waals surface area contributed by atoms with Gasteiger partial charge in [-0.25, -0.2) is 0 Å². The number of likely N-dealkylation sites (tertiary alicyclic amines) is 1. The fraction of sp³-hybridized carbons (Fsp3) is 0.517. The van der Waals surface area contributed by atoms with E-state index < -0.39 is 5.41 Å². The van der Waals surface area contributed by atoms with Gasteiger partial charge in [0, 0.05) is 62.8 Å². The normalized spacial score (nSPS) is 18.0. The molecular formula is C29H37N9O2S2. The van der Waals surface area contributed by atoms with E-state index in [2.05, 4.69) is 50.4 Å². The molecule has 3 aromatic heterocycles. The Balaban J connectivity index is 1.59. The standard InChI is InChI=1S/C29H37N9O2S2/c1-17(31-16-18(2)38-11-7-8-21(38)15-30)14-29(28-32-34-35-33-28)24-19(12-22(41-24)26(39)36(3)4)9-10-20-13-23(42-25(20)29)27(40)37(5)6/h12-13,17,21,31H,2,7-11,14,16H2,1,3-6H3,(H,32,33,34,35)/t17-,21?/m0/s1. The van der Waals surface area contributed by atoms with Gasteiger partial charge in [-0.05, 0) is 62.3 Å². The predicted molar refractivity (Wildman–Crippen MR) is 163 cm³/mol. The highest BCUT2D eigenvalue weighted by atomic mass is 32.1. The Hall–Kier alpha value is -3.60. The van der Waals surface area contributed by atoms with E-state index in [4.69, 9.17) is 0 Å². The first-order valence-corrected chi connectivity index (χ1v) is 15.7. The second-order valence-electron chi connectivity index (χ2n) is 11.5. The van der Waals surface area contributed by atoms with Crippen LogP contribution in [-0.4, -0.2) is 101 Å². The molecule has 3 aromatic rings. The molecule has 2 atom stereocenters. The molecule has 222 valence electrons. The minimum Gasteiger partial charge on any atom is -0.358 e. The number of fused-ring (bicyclic) bond motifs is 2. The number of amides is 2. The Morgan fingerprint density at radius 1 is 1.17 bits per heavy atom. The Labute approximate surface area is 254 Å². The van der Waals surface area contributed by atoms with Crippen LogP contribution in [0.2, 0.25) is 0 Å². The van der Waals surface area contributed by atoms with Gasteiger partial charge in [-0.3, -0.25) is 9.59 Å². The van der Waals surface area contributed by atoms with Gasteiger partial charge in [0.15, 0.2) is 5.82 Å². The van der Waals surface area contributed by atoms with Crippen molar-refractivity contribution >= 4 is 34.5 Å². The SMILES string of the molecule is C=C(CN[C@@H](C)CC1(c2nn[nH]n2)c2sc(C(=O)N(C)C)cc2CCc2cc(C(=O)N(C)C)sc21)N1CCCC1C#N. The van der Waals surface area contributed by atoms with Gasteiger partial charge in [0.25, 0.3) is 11.8 Å². The summed E-state index contributed by atoms with van der Waals surface area (Å²) in [4.78, 5) is 34.9. The average Bonchev–Trinajstić information content (AvgIpc) is 3.78. The van der Waals surface area contributed by atoms with E-state index in [9.17, 15) is 14.9 Å². The minimum absolute atomic E-state index is 0.0487. The van der Waals surface area contributed by atoms with E-state index in [0.717, 1.165) is 58.8 Å². The van der Waals surface area contributed by atoms with E-state index in [1.54, 1.807) is 38.0 Å². The fourth-order valence-electron chi connectivity index (χ4n) is 6.00. The topological polar surface area (TPSA) is 134 Å². The van der Waals surface area contributed by atoms with Crippen molar-refractivity contribution < 1.29 is 9.59 Å². The minimum atomic E-state index is -0.838. The summed E-state index contributed by atoms with van der Waals surface area (Å²) in [6.45, 7) is 7.76. The zero-order valence-corrected chi connectivity index (χ0v) is 26.4. The van der Waals surface area contributed by atoms with Crippen molar-refractivity contribution in [2.45, 2.75) is 56.5 Å². The first kappa shape index (κ1) is 29.9. The van der Waals surface area contributed by atoms with Gasteiger partial charge >= 0.3 is 0 Å². The van der Waals surface area contributed by atoms with Crippen LogP contribution in [0, 0.1) is 11.3 Å². The molecule has 1 saturated heterocycles. The fourth-order valence-corrected chi connectivity index (χ4v) is 8.93. The quantitative estimate of drug-likeness (QED) is 0.379. The van der Waals surface area contributed by atoms with Crippen molar-refractivity contribution in [1.82, 2.24) is 40.6 Å². The zero-order valence-electron chi connectivity index (χ0n) is 24.7. The van der Waals surface area contributed by atoms with Crippen LogP contribution in [0.3, 0.4) is 0 Å². The summed E-state index contributed by atoms with van der Waals surface area (Å²) >= 11 is 2.95. The van der Waals surface area contributed by atoms with Gasteiger partial charge in [0.05, 0.1) is 15.8 Å². The largest absolute Gasteiger partial charge is 0.358 e. The summed E-state index contributed by atoms with van der Waals surface area (Å²) in [7, 11) is 7.03. The summed E-state index contributed by atoms with van der Waals surface area (Å²) in [5.41, 5.74) is 2.23. The number of aryl methyl sites for hydroxylation is 2. The van der Waals surface area contributed by atoms with Crippen molar-refractivity contribution in [3.8, 4) is 6.07 Å². The van der Waals surface area contributed by atoms with Crippen LogP contribution < -0.4 is 5.32 Å². The van der Waals surface area contributed by atoms with Gasteiger partial charge in [-0.15, -0.1) is 32.9 Å². The van der Waals surface area contributed by atoms with Crippen molar-refractivity contribution in [2.75, 3.05) is 41.3 Å². The molecule has 13 heteroatoms. The van der Waals surface area contributed by atoms with E-state index >= 15 is 0 Å². The highest BCUT2D eigenvalue weighted by Crippen LogP contribution is 2.52. The zero-order chi connectivity index (χ0) is 30.2. The summed E-state index contributed by atoms with van der Waals surface area (Å²) in [5, 5.41) is 28.9. The van der Waals surface area contributed by atoms with Crippen LogP contribution in [0.15, 0.2) is 24.4 Å². The number of carbonyl (C=O) groups excluding carboxylic acids is 2. The van der Waals surface area contributed by atoms with Gasteiger partial charge in [0.2, 0.25) is 0 Å². The summed E-state index contributed by atoms with van der Waals surface area (Å²) in [5.74, 6) is 0.412. The number of nitrogens with one attached hydrogen (secondary N) is 2. The maximum Gasteiger partial charge on any atom is 0.263 e. The van der Waals surface area contributed by atoms with Crippen LogP contribution in [0.25, 0.3) is 0 Å². The first-order chi connectivity index (χ1) is 20.1. The number of aromatic amines is 1. The smallest absolute Gasteiger partial charge is 0.263 e. The molecule has 2 N–H and O–H groups in total. The van der Waals surface area contributed by atoms with Crippen molar-refractivity contribution in [3.05, 3.63) is 60.9 Å². The molecule has 0 saturated carbocycles. The number of rotatable bonds is 9. The molecule has 4 heterocycles. The first-order valence-electron chi connectivity index (χ1n) is 14.1. The van der Waals surface area contributed by atoms with E-state index in [1.165, 1.54) is 22.7 Å². The number of hydrogen-bond acceptors (Lipinski definition) is 10. The predicted octanol–water partition coefficient (Wildman–Crippen LogP) is 3.03. The molecule has 1 unspecified atom stereocenters. The molecular weight excluding hydrogens is 571 g/mol. The number of H-pyrrole nitrogens is 1. The van der Waals surface area contributed by atoms with E-state index in [1.807, 2.05) is 12.1 Å². The molecule has 1 aliphatic heterocycles. The van der Waals surface area contributed by atoms with E-state index in [-0.39, 0.29) is 23.9 Å². The lowest BCUT2D eigenvalue weighted by atomic mass is 9.76. The summed E-state index contributed by atoms with van der Waals surface area (Å²) in [6.07, 6.45) is 3.87. The number of thiophene rings is 2. The molecule has 42 heavy (non-hydrogen) atoms. The van der Waals surface area contributed by atoms with Crippen LogP contribution >= 0.6 is 22.7 Å². The molecule has 5 rings (SSSR count). The van der Waals surface area contributed by atoms with E-state index in [0.29, 0.717) is 28.5 Å². The Bertz CT molecular complexity index is 1450. The molecule has 0 bridgehead atoms. The molecule has 0 aromatic carbocycles. The third-order valence-corrected chi connectivity index (χ3v) is 10.7. The Morgan fingerprint density at radius 2 is 1.76 bits per heavy atom. The van der Waals surface area contributed by atoms with Crippen molar-refractivity contribution in [1.29, 1.82) is 5.26 Å². The second-order valence-corrected chi connectivity index (χ2v) is 13.6. The number of hydrogen-bond donors (Lipinski definition) is 2. The van der Waals surface area contributed by atoms with Crippen LogP contribution in [0.1, 0.15) is 72.2 Å². The number of nitriles is 1. The molecule has 0 spiro atoms. The summed E-state index contributed by atoms with van der Waals surface area (Å²) < 4.78 is 0. The molecule has 1 aliphatic carbocycles. The number of nitrogens with zero attached hydrogens (tertiary/aromatic N) is 7. The van der Waals surface area contributed by atoms with Gasteiger partial charge in [0.1, 0.15) is 11.5 Å². The van der Waals surface area contributed by atoms with Crippen LogP contribution in [-0.2, 0) is 18.3 Å². The maximum atomic E-state index is 13.1. The maximum absolute atomic E-state index is 13.1. The van der Waals surface area contributed by atoms with Crippen LogP contribution in [0.5, 0.6) is 0 Å². The molecule has 11 nitrogen and oxygen atoms in total. The van der Waals surface area contributed by atoms with Crippen LogP contribution in [0.4, 0.5) is 0 Å². The number of aromatic nitrogens is 4. The highest BCUT2D eigenvalue weighted by Gasteiger charge is 2.49. The van der Waals surface area contributed by atoms with Gasteiger partial charge in [-0.2, -0.15) is 10.5 Å². The monoisotopic (exact) mass is 607 g/mol. The molecule has 0 radical (unpaired) electrons. The van der Waals surface area contributed by atoms with Gasteiger partial charge in [-0.1, -0.05) is 11.8 Å². The molecule has 2 amide bonds. The average molecular weight is 608 g/mol. The third kappa shape index (κ3) is 5.34. The lowest BCUT2D eigenvalue weighted by molar-refractivity contribution is 0.0825. The second kappa shape index (κ2) is 11.9. The Morgan fingerprint density at radius 3 is 2.26 bits per heavy atom.